The van der Waals surface area contributed by atoms with E-state index < -0.39 is 5.82 Å². The van der Waals surface area contributed by atoms with Gasteiger partial charge in [0.1, 0.15) is 17.3 Å². The van der Waals surface area contributed by atoms with Crippen molar-refractivity contribution in [2.24, 2.45) is 0 Å². The van der Waals surface area contributed by atoms with Gasteiger partial charge in [-0.05, 0) is 78.4 Å². The molecule has 1 aliphatic rings. The monoisotopic (exact) mass is 525 g/mol. The Hall–Kier alpha value is -4.85. The molecule has 1 saturated heterocycles. The summed E-state index contributed by atoms with van der Waals surface area (Å²) in [6, 6.07) is 25.3. The predicted octanol–water partition coefficient (Wildman–Crippen LogP) is 5.42. The molecule has 0 unspecified atom stereocenters. The third kappa shape index (κ3) is 5.85. The van der Waals surface area contributed by atoms with Crippen LogP contribution in [-0.4, -0.2) is 55.1 Å². The zero-order valence-corrected chi connectivity index (χ0v) is 21.4. The van der Waals surface area contributed by atoms with Crippen molar-refractivity contribution in [1.82, 2.24) is 4.90 Å². The van der Waals surface area contributed by atoms with Crippen LogP contribution in [0.15, 0.2) is 91.0 Å². The number of amides is 2. The number of halogens is 1. The molecule has 39 heavy (non-hydrogen) atoms. The van der Waals surface area contributed by atoms with Gasteiger partial charge in [-0.2, -0.15) is 0 Å². The highest BCUT2D eigenvalue weighted by molar-refractivity contribution is 6.04. The molecule has 5 rings (SSSR count). The van der Waals surface area contributed by atoms with E-state index in [9.17, 15) is 19.1 Å². The van der Waals surface area contributed by atoms with Crippen molar-refractivity contribution in [3.63, 3.8) is 0 Å². The number of benzene rings is 4. The molecular weight excluding hydrogens is 497 g/mol. The maximum absolute atomic E-state index is 14.8. The summed E-state index contributed by atoms with van der Waals surface area (Å²) in [6.45, 7) is 2.23. The van der Waals surface area contributed by atoms with Crippen LogP contribution in [0.25, 0.3) is 11.1 Å². The summed E-state index contributed by atoms with van der Waals surface area (Å²) in [5, 5.41) is 12.6. The van der Waals surface area contributed by atoms with Crippen molar-refractivity contribution < 1.29 is 23.8 Å². The number of hydrogen-bond donors (Lipinski definition) is 2. The zero-order valence-electron chi connectivity index (χ0n) is 21.4. The number of piperazine rings is 1. The van der Waals surface area contributed by atoms with Gasteiger partial charge in [0.05, 0.1) is 7.11 Å². The van der Waals surface area contributed by atoms with Crippen LogP contribution >= 0.6 is 0 Å². The van der Waals surface area contributed by atoms with Gasteiger partial charge in [0, 0.05) is 54.2 Å². The molecule has 0 saturated carbocycles. The lowest BCUT2D eigenvalue weighted by molar-refractivity contribution is 0.0746. The Morgan fingerprint density at radius 1 is 0.846 bits per heavy atom. The third-order valence-corrected chi connectivity index (χ3v) is 6.78. The molecule has 4 aromatic carbocycles. The molecule has 1 heterocycles. The Balaban J connectivity index is 1.17. The molecule has 7 nitrogen and oxygen atoms in total. The minimum Gasteiger partial charge on any atom is -0.508 e. The molecule has 0 aliphatic carbocycles. The number of aromatic hydroxyl groups is 1. The summed E-state index contributed by atoms with van der Waals surface area (Å²) in [5.41, 5.74) is 3.35. The molecule has 1 fully saturated rings. The minimum absolute atomic E-state index is 0.0522. The summed E-state index contributed by atoms with van der Waals surface area (Å²) < 4.78 is 20.0. The fraction of sp³-hybridized carbons (Fsp3) is 0.161. The van der Waals surface area contributed by atoms with Crippen LogP contribution < -0.4 is 15.0 Å². The summed E-state index contributed by atoms with van der Waals surface area (Å²) in [4.78, 5) is 29.5. The van der Waals surface area contributed by atoms with Gasteiger partial charge >= 0.3 is 0 Å². The van der Waals surface area contributed by atoms with E-state index in [1.165, 1.54) is 18.2 Å². The quantitative estimate of drug-likeness (QED) is 0.351. The number of methoxy groups -OCH3 is 1. The smallest absolute Gasteiger partial charge is 0.255 e. The fourth-order valence-corrected chi connectivity index (χ4v) is 4.61. The Morgan fingerprint density at radius 2 is 1.54 bits per heavy atom. The number of rotatable bonds is 6. The zero-order chi connectivity index (χ0) is 27.4. The van der Waals surface area contributed by atoms with E-state index in [0.29, 0.717) is 54.3 Å². The van der Waals surface area contributed by atoms with Gasteiger partial charge < -0.3 is 25.0 Å². The molecule has 198 valence electrons. The molecule has 8 heteroatoms. The summed E-state index contributed by atoms with van der Waals surface area (Å²) in [7, 11) is 1.59. The SMILES string of the molecule is COc1ccc(NC(=O)c2ccc(N3CCN(C(=O)c4ccc(-c5cccc(O)c5)c(F)c4)CC3)cc2)cc1. The van der Waals surface area contributed by atoms with Crippen LogP contribution in [-0.2, 0) is 0 Å². The van der Waals surface area contributed by atoms with E-state index in [-0.39, 0.29) is 23.1 Å². The van der Waals surface area contributed by atoms with Crippen LogP contribution in [0.4, 0.5) is 15.8 Å². The highest BCUT2D eigenvalue weighted by Crippen LogP contribution is 2.27. The third-order valence-electron chi connectivity index (χ3n) is 6.78. The van der Waals surface area contributed by atoms with Crippen molar-refractivity contribution in [1.29, 1.82) is 0 Å². The number of carbonyl (C=O) groups excluding carboxylic acids is 2. The second-order valence-corrected chi connectivity index (χ2v) is 9.25. The average molecular weight is 526 g/mol. The van der Waals surface area contributed by atoms with Gasteiger partial charge in [-0.15, -0.1) is 0 Å². The predicted molar refractivity (Wildman–Crippen MR) is 149 cm³/mol. The lowest BCUT2D eigenvalue weighted by atomic mass is 10.0. The first kappa shape index (κ1) is 25.8. The van der Waals surface area contributed by atoms with Gasteiger partial charge in [0.15, 0.2) is 0 Å². The lowest BCUT2D eigenvalue weighted by Gasteiger charge is -2.36. The van der Waals surface area contributed by atoms with Gasteiger partial charge in [-0.25, -0.2) is 4.39 Å². The average Bonchev–Trinajstić information content (AvgIpc) is 2.97. The van der Waals surface area contributed by atoms with Crippen LogP contribution in [0.1, 0.15) is 20.7 Å². The molecule has 1 aliphatic heterocycles. The Kier molecular flexibility index (Phi) is 7.45. The van der Waals surface area contributed by atoms with Gasteiger partial charge in [0.25, 0.3) is 11.8 Å². The molecule has 0 spiro atoms. The highest BCUT2D eigenvalue weighted by Gasteiger charge is 2.23. The van der Waals surface area contributed by atoms with E-state index in [0.717, 1.165) is 5.69 Å². The molecule has 4 aromatic rings. The highest BCUT2D eigenvalue weighted by atomic mass is 19.1. The van der Waals surface area contributed by atoms with Crippen LogP contribution in [0.5, 0.6) is 11.5 Å². The van der Waals surface area contributed by atoms with E-state index in [2.05, 4.69) is 10.2 Å². The van der Waals surface area contributed by atoms with Crippen molar-refractivity contribution in [2.45, 2.75) is 0 Å². The van der Waals surface area contributed by atoms with Crippen LogP contribution in [0, 0.1) is 5.82 Å². The second-order valence-electron chi connectivity index (χ2n) is 9.25. The Bertz CT molecular complexity index is 1480. The van der Waals surface area contributed by atoms with Crippen molar-refractivity contribution in [3.05, 3.63) is 108 Å². The van der Waals surface area contributed by atoms with Crippen molar-refractivity contribution in [2.75, 3.05) is 43.5 Å². The second kappa shape index (κ2) is 11.3. The van der Waals surface area contributed by atoms with Gasteiger partial charge in [-0.1, -0.05) is 18.2 Å². The molecule has 0 aromatic heterocycles. The van der Waals surface area contributed by atoms with E-state index in [1.807, 2.05) is 12.1 Å². The van der Waals surface area contributed by atoms with Crippen LogP contribution in [0.3, 0.4) is 0 Å². The first-order valence-corrected chi connectivity index (χ1v) is 12.6. The Labute approximate surface area is 226 Å². The fourth-order valence-electron chi connectivity index (χ4n) is 4.61. The minimum atomic E-state index is -0.513. The molecular formula is C31H28FN3O4. The number of nitrogens with zero attached hydrogens (tertiary/aromatic N) is 2. The standard InChI is InChI=1S/C31H28FN3O4/c1-39-27-12-8-24(9-13-27)33-30(37)21-5-10-25(11-6-21)34-15-17-35(18-16-34)31(38)23-7-14-28(29(32)20-23)22-3-2-4-26(36)19-22/h2-14,19-20,36H,15-18H2,1H3,(H,33,37). The first-order valence-electron chi connectivity index (χ1n) is 12.6. The number of nitrogens with one attached hydrogen (secondary N) is 1. The number of anilines is 2. The van der Waals surface area contributed by atoms with E-state index in [1.54, 1.807) is 72.7 Å². The largest absolute Gasteiger partial charge is 0.508 e. The lowest BCUT2D eigenvalue weighted by Crippen LogP contribution is -2.48. The maximum Gasteiger partial charge on any atom is 0.255 e. The number of phenolic OH excluding ortho intramolecular Hbond substituents is 1. The number of ether oxygens (including phenoxy) is 1. The first-order chi connectivity index (χ1) is 18.9. The molecule has 0 bridgehead atoms. The number of hydrogen-bond acceptors (Lipinski definition) is 5. The van der Waals surface area contributed by atoms with Crippen molar-refractivity contribution in [3.8, 4) is 22.6 Å². The van der Waals surface area contributed by atoms with Crippen LogP contribution in [0.2, 0.25) is 0 Å². The molecule has 2 amide bonds. The normalized spacial score (nSPS) is 13.2. The Morgan fingerprint density at radius 3 is 2.18 bits per heavy atom. The summed E-state index contributed by atoms with van der Waals surface area (Å²) in [6.07, 6.45) is 0. The molecule has 2 N–H and O–H groups in total. The number of phenols is 1. The van der Waals surface area contributed by atoms with E-state index >= 15 is 0 Å². The number of carbonyl (C=O) groups is 2. The van der Waals surface area contributed by atoms with E-state index in [4.69, 9.17) is 4.74 Å². The topological polar surface area (TPSA) is 82.1 Å². The molecule has 0 radical (unpaired) electrons. The maximum atomic E-state index is 14.8. The van der Waals surface area contributed by atoms with Gasteiger partial charge in [0.2, 0.25) is 0 Å². The van der Waals surface area contributed by atoms with Gasteiger partial charge in [-0.3, -0.25) is 9.59 Å². The van der Waals surface area contributed by atoms with Crippen molar-refractivity contribution >= 4 is 23.2 Å². The summed E-state index contributed by atoms with van der Waals surface area (Å²) >= 11 is 0. The molecule has 0 atom stereocenters. The summed E-state index contributed by atoms with van der Waals surface area (Å²) in [5.74, 6) is -0.169.